The fourth-order valence-corrected chi connectivity index (χ4v) is 2.67. The number of rotatable bonds is 5. The van der Waals surface area contributed by atoms with Crippen LogP contribution in [0.25, 0.3) is 0 Å². The van der Waals surface area contributed by atoms with Gasteiger partial charge in [0.05, 0.1) is 19.3 Å². The molecule has 7 heteroatoms. The molecule has 1 amide bonds. The van der Waals surface area contributed by atoms with Crippen LogP contribution in [0.15, 0.2) is 12.1 Å². The molecule has 1 fully saturated rings. The molecule has 114 valence electrons. The fourth-order valence-electron chi connectivity index (χ4n) is 2.67. The Morgan fingerprint density at radius 3 is 2.62 bits per heavy atom. The molecule has 1 aliphatic carbocycles. The summed E-state index contributed by atoms with van der Waals surface area (Å²) >= 11 is 0. The van der Waals surface area contributed by atoms with Crippen molar-refractivity contribution in [2.24, 2.45) is 5.73 Å². The van der Waals surface area contributed by atoms with Gasteiger partial charge in [0, 0.05) is 6.04 Å². The predicted octanol–water partition coefficient (Wildman–Crippen LogP) is 0.685. The Morgan fingerprint density at radius 2 is 2.05 bits per heavy atom. The summed E-state index contributed by atoms with van der Waals surface area (Å²) in [5.74, 6) is -0.572. The minimum Gasteiger partial charge on any atom is -0.464 e. The van der Waals surface area contributed by atoms with E-state index in [1.807, 2.05) is 0 Å². The zero-order chi connectivity index (χ0) is 15.4. The molecule has 0 atom stereocenters. The monoisotopic (exact) mass is 292 g/mol. The van der Waals surface area contributed by atoms with Crippen LogP contribution in [0.4, 0.5) is 11.5 Å². The highest BCUT2D eigenvalue weighted by Gasteiger charge is 2.27. The first-order valence-corrected chi connectivity index (χ1v) is 6.92. The van der Waals surface area contributed by atoms with E-state index in [0.29, 0.717) is 11.5 Å². The molecule has 0 radical (unpaired) electrons. The number of hydrogen-bond acceptors (Lipinski definition) is 6. The van der Waals surface area contributed by atoms with Gasteiger partial charge in [-0.3, -0.25) is 4.79 Å². The Labute approximate surface area is 123 Å². The first-order valence-electron chi connectivity index (χ1n) is 6.92. The van der Waals surface area contributed by atoms with Crippen LogP contribution in [0.5, 0.6) is 0 Å². The number of pyridine rings is 1. The molecular formula is C14H20N4O3. The molecule has 1 aromatic rings. The van der Waals surface area contributed by atoms with Gasteiger partial charge in [-0.05, 0) is 25.0 Å². The number of amides is 1. The molecule has 0 aliphatic heterocycles. The van der Waals surface area contributed by atoms with Crippen LogP contribution in [-0.2, 0) is 9.53 Å². The first kappa shape index (κ1) is 15.1. The van der Waals surface area contributed by atoms with Crippen molar-refractivity contribution in [1.82, 2.24) is 4.98 Å². The Morgan fingerprint density at radius 1 is 1.38 bits per heavy atom. The van der Waals surface area contributed by atoms with E-state index >= 15 is 0 Å². The fraction of sp³-hybridized carbons (Fsp3) is 0.500. The molecule has 1 heterocycles. The Bertz CT molecular complexity index is 541. The third-order valence-corrected chi connectivity index (χ3v) is 3.66. The van der Waals surface area contributed by atoms with Crippen LogP contribution < -0.4 is 16.4 Å². The maximum atomic E-state index is 11.6. The number of nitrogens with zero attached hydrogens (tertiary/aromatic N) is 2. The van der Waals surface area contributed by atoms with Crippen LogP contribution >= 0.6 is 0 Å². The number of anilines is 2. The Hall–Kier alpha value is -2.31. The maximum Gasteiger partial charge on any atom is 0.356 e. The number of carbonyl (C=O) groups is 2. The van der Waals surface area contributed by atoms with E-state index in [0.717, 1.165) is 25.7 Å². The summed E-state index contributed by atoms with van der Waals surface area (Å²) < 4.78 is 4.67. The SMILES string of the molecule is COC(=O)c1ccc(N)c(N(CC(N)=O)C2CCCC2)n1. The van der Waals surface area contributed by atoms with Gasteiger partial charge in [-0.2, -0.15) is 0 Å². The van der Waals surface area contributed by atoms with Crippen LogP contribution in [0.1, 0.15) is 36.2 Å². The van der Waals surface area contributed by atoms with Crippen molar-refractivity contribution in [3.8, 4) is 0 Å². The molecule has 0 unspecified atom stereocenters. The third-order valence-electron chi connectivity index (χ3n) is 3.66. The Balaban J connectivity index is 2.37. The zero-order valence-corrected chi connectivity index (χ0v) is 12.0. The quantitative estimate of drug-likeness (QED) is 0.772. The van der Waals surface area contributed by atoms with Gasteiger partial charge >= 0.3 is 5.97 Å². The second-order valence-electron chi connectivity index (χ2n) is 5.13. The molecule has 1 saturated carbocycles. The van der Waals surface area contributed by atoms with Crippen LogP contribution in [-0.4, -0.2) is 36.6 Å². The number of nitrogen functional groups attached to an aromatic ring is 1. The minimum atomic E-state index is -0.540. The van der Waals surface area contributed by atoms with Gasteiger partial charge in [0.1, 0.15) is 0 Å². The molecule has 0 spiro atoms. The number of hydrogen-bond donors (Lipinski definition) is 2. The summed E-state index contributed by atoms with van der Waals surface area (Å²) in [4.78, 5) is 29.0. The molecule has 2 rings (SSSR count). The lowest BCUT2D eigenvalue weighted by Gasteiger charge is -2.30. The van der Waals surface area contributed by atoms with Crippen LogP contribution in [0.3, 0.4) is 0 Å². The number of ether oxygens (including phenoxy) is 1. The smallest absolute Gasteiger partial charge is 0.356 e. The van der Waals surface area contributed by atoms with E-state index in [4.69, 9.17) is 11.5 Å². The van der Waals surface area contributed by atoms with Crippen molar-refractivity contribution in [2.45, 2.75) is 31.7 Å². The van der Waals surface area contributed by atoms with E-state index in [1.54, 1.807) is 11.0 Å². The van der Waals surface area contributed by atoms with E-state index in [2.05, 4.69) is 9.72 Å². The first-order chi connectivity index (χ1) is 10.0. The summed E-state index contributed by atoms with van der Waals surface area (Å²) in [6.07, 6.45) is 4.10. The highest BCUT2D eigenvalue weighted by atomic mass is 16.5. The van der Waals surface area contributed by atoms with Gasteiger partial charge in [-0.25, -0.2) is 9.78 Å². The van der Waals surface area contributed by atoms with Crippen molar-refractivity contribution in [3.05, 3.63) is 17.8 Å². The standard InChI is InChI=1S/C14H20N4O3/c1-21-14(20)11-7-6-10(15)13(17-11)18(8-12(16)19)9-4-2-3-5-9/h6-7,9H,2-5,8,15H2,1H3,(H2,16,19). The third kappa shape index (κ3) is 3.42. The van der Waals surface area contributed by atoms with E-state index in [-0.39, 0.29) is 18.3 Å². The lowest BCUT2D eigenvalue weighted by atomic mass is 10.2. The van der Waals surface area contributed by atoms with Crippen molar-refractivity contribution in [3.63, 3.8) is 0 Å². The molecule has 0 saturated heterocycles. The molecule has 7 nitrogen and oxygen atoms in total. The second-order valence-corrected chi connectivity index (χ2v) is 5.13. The van der Waals surface area contributed by atoms with Gasteiger partial charge in [-0.1, -0.05) is 12.8 Å². The number of methoxy groups -OCH3 is 1. The summed E-state index contributed by atoms with van der Waals surface area (Å²) in [6.45, 7) is 0.0342. The summed E-state index contributed by atoms with van der Waals surface area (Å²) in [5.41, 5.74) is 11.9. The van der Waals surface area contributed by atoms with Gasteiger partial charge in [0.15, 0.2) is 11.5 Å². The zero-order valence-electron chi connectivity index (χ0n) is 12.0. The normalized spacial score (nSPS) is 14.9. The largest absolute Gasteiger partial charge is 0.464 e. The van der Waals surface area contributed by atoms with E-state index in [9.17, 15) is 9.59 Å². The summed E-state index contributed by atoms with van der Waals surface area (Å²) in [6, 6.07) is 3.26. The van der Waals surface area contributed by atoms with E-state index in [1.165, 1.54) is 13.2 Å². The average molecular weight is 292 g/mol. The maximum absolute atomic E-state index is 11.6. The summed E-state index contributed by atoms with van der Waals surface area (Å²) in [7, 11) is 1.29. The molecular weight excluding hydrogens is 272 g/mol. The van der Waals surface area contributed by atoms with Crippen molar-refractivity contribution in [1.29, 1.82) is 0 Å². The van der Waals surface area contributed by atoms with Crippen LogP contribution in [0, 0.1) is 0 Å². The molecule has 21 heavy (non-hydrogen) atoms. The number of carbonyl (C=O) groups excluding carboxylic acids is 2. The molecule has 4 N–H and O–H groups in total. The predicted molar refractivity (Wildman–Crippen MR) is 78.8 cm³/mol. The van der Waals surface area contributed by atoms with Gasteiger partial charge in [-0.15, -0.1) is 0 Å². The lowest BCUT2D eigenvalue weighted by molar-refractivity contribution is -0.116. The highest BCUT2D eigenvalue weighted by molar-refractivity contribution is 5.89. The molecule has 0 bridgehead atoms. The van der Waals surface area contributed by atoms with Crippen molar-refractivity contribution >= 4 is 23.4 Å². The number of nitrogens with two attached hydrogens (primary N) is 2. The number of aromatic nitrogens is 1. The van der Waals surface area contributed by atoms with E-state index < -0.39 is 11.9 Å². The summed E-state index contributed by atoms with van der Waals surface area (Å²) in [5, 5.41) is 0. The number of esters is 1. The highest BCUT2D eigenvalue weighted by Crippen LogP contribution is 2.30. The van der Waals surface area contributed by atoms with Crippen molar-refractivity contribution < 1.29 is 14.3 Å². The van der Waals surface area contributed by atoms with Gasteiger partial charge < -0.3 is 21.1 Å². The molecule has 0 aromatic carbocycles. The average Bonchev–Trinajstić information content (AvgIpc) is 2.98. The lowest BCUT2D eigenvalue weighted by Crippen LogP contribution is -2.41. The van der Waals surface area contributed by atoms with Crippen LogP contribution in [0.2, 0.25) is 0 Å². The number of primary amides is 1. The molecule has 1 aromatic heterocycles. The van der Waals surface area contributed by atoms with Gasteiger partial charge in [0.25, 0.3) is 0 Å². The van der Waals surface area contributed by atoms with Gasteiger partial charge in [0.2, 0.25) is 5.91 Å². The molecule has 1 aliphatic rings. The van der Waals surface area contributed by atoms with Crippen molar-refractivity contribution in [2.75, 3.05) is 24.3 Å². The second kappa shape index (κ2) is 6.43. The Kier molecular flexibility index (Phi) is 4.62. The topological polar surface area (TPSA) is 112 Å². The minimum absolute atomic E-state index is 0.0342.